The van der Waals surface area contributed by atoms with Crippen molar-refractivity contribution in [2.75, 3.05) is 33.5 Å². The number of rotatable bonds is 9. The number of carbonyl (C=O) groups is 1. The summed E-state index contributed by atoms with van der Waals surface area (Å²) >= 11 is 1.05. The highest BCUT2D eigenvalue weighted by molar-refractivity contribution is 7.90. The number of carbonyl (C=O) groups excluding carboxylic acids is 1. The molecule has 0 radical (unpaired) electrons. The first kappa shape index (κ1) is 26.4. The minimum Gasteiger partial charge on any atom is -0.369 e. The molecule has 0 aliphatic heterocycles. The summed E-state index contributed by atoms with van der Waals surface area (Å²) in [6, 6.07) is 11.3. The Hall–Kier alpha value is -4.17. The number of nitro benzene ring substituents is 1. The van der Waals surface area contributed by atoms with E-state index in [1.165, 1.54) is 66.1 Å². The average molecular weight is 530 g/mol. The minimum absolute atomic E-state index is 0.0248. The van der Waals surface area contributed by atoms with Crippen LogP contribution in [0.25, 0.3) is 11.3 Å². The first-order chi connectivity index (χ1) is 17.0. The van der Waals surface area contributed by atoms with Gasteiger partial charge in [0.25, 0.3) is 21.6 Å². The van der Waals surface area contributed by atoms with Gasteiger partial charge in [0.1, 0.15) is 11.2 Å². The Kier molecular flexibility index (Phi) is 8.11. The molecule has 0 atom stereocenters. The zero-order valence-electron chi connectivity index (χ0n) is 19.8. The minimum atomic E-state index is -3.88. The molecule has 1 amide bonds. The van der Waals surface area contributed by atoms with Crippen LogP contribution in [0.5, 0.6) is 0 Å². The van der Waals surface area contributed by atoms with Crippen molar-refractivity contribution < 1.29 is 18.1 Å². The molecule has 0 fully saturated rings. The van der Waals surface area contributed by atoms with Gasteiger partial charge in [0, 0.05) is 51.6 Å². The molecule has 3 aromatic rings. The normalized spacial score (nSPS) is 11.7. The van der Waals surface area contributed by atoms with Gasteiger partial charge in [0.15, 0.2) is 0 Å². The third-order valence-corrected chi connectivity index (χ3v) is 6.60. The maximum Gasteiger partial charge on any atom is 0.283 e. The van der Waals surface area contributed by atoms with Crippen molar-refractivity contribution in [3.63, 3.8) is 0 Å². The van der Waals surface area contributed by atoms with Gasteiger partial charge in [-0.2, -0.15) is 8.42 Å². The molecule has 1 heterocycles. The molecule has 14 heteroatoms. The van der Waals surface area contributed by atoms with Crippen LogP contribution >= 0.6 is 11.3 Å². The molecule has 0 spiro atoms. The topological polar surface area (TPSA) is 150 Å². The Labute approximate surface area is 211 Å². The van der Waals surface area contributed by atoms with Gasteiger partial charge in [0.05, 0.1) is 21.9 Å². The number of non-ortho nitro benzene ring substituents is 1. The largest absolute Gasteiger partial charge is 0.369 e. The first-order valence-electron chi connectivity index (χ1n) is 10.3. The van der Waals surface area contributed by atoms with Gasteiger partial charge >= 0.3 is 0 Å². The quantitative estimate of drug-likeness (QED) is 0.192. The van der Waals surface area contributed by atoms with Crippen LogP contribution in [0.4, 0.5) is 16.5 Å². The van der Waals surface area contributed by atoms with Gasteiger partial charge in [-0.15, -0.1) is 4.40 Å². The molecular formula is C22H23N7O5S2. The fourth-order valence-electron chi connectivity index (χ4n) is 2.73. The number of nitro groups is 1. The molecule has 3 rings (SSSR count). The summed E-state index contributed by atoms with van der Waals surface area (Å²) in [6.45, 7) is 0. The molecule has 0 saturated heterocycles. The molecule has 36 heavy (non-hydrogen) atoms. The second-order valence-corrected chi connectivity index (χ2v) is 10.4. The van der Waals surface area contributed by atoms with Crippen LogP contribution in [-0.2, 0) is 10.0 Å². The van der Waals surface area contributed by atoms with E-state index in [9.17, 15) is 23.3 Å². The van der Waals surface area contributed by atoms with Crippen molar-refractivity contribution in [2.24, 2.45) is 9.39 Å². The number of hydrogen-bond donors (Lipinski definition) is 1. The molecule has 0 saturated carbocycles. The number of sulfonamides is 1. The first-order valence-corrected chi connectivity index (χ1v) is 12.6. The van der Waals surface area contributed by atoms with Crippen molar-refractivity contribution in [1.29, 1.82) is 0 Å². The van der Waals surface area contributed by atoms with Crippen molar-refractivity contribution in [2.45, 2.75) is 4.90 Å². The summed E-state index contributed by atoms with van der Waals surface area (Å²) in [4.78, 5) is 35.7. The number of nitrogens with one attached hydrogen (secondary N) is 1. The summed E-state index contributed by atoms with van der Waals surface area (Å²) in [6.07, 6.45) is 2.73. The van der Waals surface area contributed by atoms with Crippen LogP contribution in [0.3, 0.4) is 0 Å². The highest BCUT2D eigenvalue weighted by Crippen LogP contribution is 2.34. The second kappa shape index (κ2) is 11.0. The van der Waals surface area contributed by atoms with E-state index < -0.39 is 20.9 Å². The van der Waals surface area contributed by atoms with Crippen LogP contribution in [0, 0.1) is 10.1 Å². The van der Waals surface area contributed by atoms with Crippen molar-refractivity contribution in [3.8, 4) is 11.3 Å². The van der Waals surface area contributed by atoms with Gasteiger partial charge in [-0.1, -0.05) is 11.3 Å². The Morgan fingerprint density at radius 2 is 1.64 bits per heavy atom. The van der Waals surface area contributed by atoms with Crippen LogP contribution < -0.4 is 5.32 Å². The monoisotopic (exact) mass is 529 g/mol. The SMILES string of the molecule is CN(C)C=Nc1nc(-c2ccc([N+](=O)[O-])cc2)c(C(=O)Nc2ccc(S(=O)(=O)N=CN(C)C)cc2)s1. The molecule has 1 aromatic heterocycles. The van der Waals surface area contributed by atoms with E-state index in [0.29, 0.717) is 22.1 Å². The van der Waals surface area contributed by atoms with Crippen LogP contribution in [0.1, 0.15) is 9.67 Å². The fourth-order valence-corrected chi connectivity index (χ4v) is 4.47. The summed E-state index contributed by atoms with van der Waals surface area (Å²) < 4.78 is 28.2. The van der Waals surface area contributed by atoms with E-state index in [0.717, 1.165) is 11.3 Å². The Morgan fingerprint density at radius 3 is 2.19 bits per heavy atom. The van der Waals surface area contributed by atoms with Gasteiger partial charge in [0.2, 0.25) is 5.13 Å². The number of anilines is 1. The van der Waals surface area contributed by atoms with Crippen LogP contribution in [-0.4, -0.2) is 74.9 Å². The van der Waals surface area contributed by atoms with Crippen molar-refractivity contribution in [3.05, 3.63) is 63.5 Å². The number of thiazole rings is 1. The standard InChI is InChI=1S/C22H23N7O5S2/c1-27(2)13-23-22-26-19(15-5-9-17(10-6-15)29(31)32)20(35-22)21(30)25-16-7-11-18(12-8-16)36(33,34)24-14-28(3)4/h5-14H,1-4H3,(H,25,30). The number of nitrogens with zero attached hydrogens (tertiary/aromatic N) is 6. The maximum atomic E-state index is 13.1. The molecule has 0 bridgehead atoms. The van der Waals surface area contributed by atoms with Crippen LogP contribution in [0.15, 0.2) is 62.8 Å². The molecule has 0 aliphatic carbocycles. The van der Waals surface area contributed by atoms with E-state index in [-0.39, 0.29) is 15.5 Å². The van der Waals surface area contributed by atoms with E-state index in [2.05, 4.69) is 19.7 Å². The Morgan fingerprint density at radius 1 is 1.03 bits per heavy atom. The van der Waals surface area contributed by atoms with Crippen molar-refractivity contribution in [1.82, 2.24) is 14.8 Å². The molecule has 188 valence electrons. The van der Waals surface area contributed by atoms with Crippen molar-refractivity contribution >= 4 is 56.5 Å². The number of aliphatic imine (C=N–C) groups is 1. The zero-order chi connectivity index (χ0) is 26.5. The molecule has 12 nitrogen and oxygen atoms in total. The summed E-state index contributed by atoms with van der Waals surface area (Å²) in [7, 11) is 3.01. The number of benzene rings is 2. The van der Waals surface area contributed by atoms with Gasteiger partial charge in [-0.3, -0.25) is 14.9 Å². The lowest BCUT2D eigenvalue weighted by atomic mass is 10.1. The number of hydrogen-bond acceptors (Lipinski definition) is 8. The highest BCUT2D eigenvalue weighted by atomic mass is 32.2. The second-order valence-electron chi connectivity index (χ2n) is 7.82. The molecule has 1 N–H and O–H groups in total. The van der Waals surface area contributed by atoms with E-state index >= 15 is 0 Å². The van der Waals surface area contributed by atoms with E-state index in [1.54, 1.807) is 33.1 Å². The van der Waals surface area contributed by atoms with Gasteiger partial charge < -0.3 is 15.1 Å². The smallest absolute Gasteiger partial charge is 0.283 e. The third-order valence-electron chi connectivity index (χ3n) is 4.40. The van der Waals surface area contributed by atoms with Gasteiger partial charge in [-0.25, -0.2) is 9.98 Å². The molecule has 2 aromatic carbocycles. The Bertz CT molecular complexity index is 1410. The predicted octanol–water partition coefficient (Wildman–Crippen LogP) is 3.47. The van der Waals surface area contributed by atoms with E-state index in [4.69, 9.17) is 0 Å². The fraction of sp³-hybridized carbons (Fsp3) is 0.182. The number of aromatic nitrogens is 1. The van der Waals surface area contributed by atoms with Gasteiger partial charge in [-0.05, 0) is 36.4 Å². The lowest BCUT2D eigenvalue weighted by Gasteiger charge is -2.07. The number of amides is 1. The molecular weight excluding hydrogens is 506 g/mol. The molecule has 0 unspecified atom stereocenters. The Balaban J connectivity index is 1.90. The summed E-state index contributed by atoms with van der Waals surface area (Å²) in [5.74, 6) is -0.492. The summed E-state index contributed by atoms with van der Waals surface area (Å²) in [5, 5.41) is 14.0. The predicted molar refractivity (Wildman–Crippen MR) is 140 cm³/mol. The lowest BCUT2D eigenvalue weighted by molar-refractivity contribution is -0.384. The molecule has 0 aliphatic rings. The average Bonchev–Trinajstić information content (AvgIpc) is 3.26. The zero-order valence-corrected chi connectivity index (χ0v) is 21.4. The third kappa shape index (κ3) is 6.70. The van der Waals surface area contributed by atoms with E-state index in [1.807, 2.05) is 0 Å². The maximum absolute atomic E-state index is 13.1. The highest BCUT2D eigenvalue weighted by Gasteiger charge is 2.21. The summed E-state index contributed by atoms with van der Waals surface area (Å²) in [5.41, 5.74) is 1.09. The lowest BCUT2D eigenvalue weighted by Crippen LogP contribution is -2.12. The van der Waals surface area contributed by atoms with Crippen LogP contribution in [0.2, 0.25) is 0 Å².